The first-order chi connectivity index (χ1) is 19.3. The standard InChI is InChI=1S/C32H59N3O8/c1-15-20-35(21-16-2,23-19-33-26(37)41-30(6,7)8)22-17-18-24(25(36)40-29(3,4)5)34(27(38)42-31(9,10)11)28(39)43-32(12,13)14/h15,24H,1,16-23H2,2-14H3/p+1/t24-,35?/m0/s1. The van der Waals surface area contributed by atoms with E-state index in [4.69, 9.17) is 18.9 Å². The second-order valence-corrected chi connectivity index (χ2v) is 14.9. The molecule has 0 heterocycles. The second-order valence-electron chi connectivity index (χ2n) is 14.9. The van der Waals surface area contributed by atoms with Crippen molar-refractivity contribution in [2.45, 2.75) is 138 Å². The van der Waals surface area contributed by atoms with Crippen LogP contribution in [-0.4, -0.2) is 94.8 Å². The number of imide groups is 1. The SMILES string of the molecule is C=CC[N+](CCC)(CCC[C@@H](C(=O)OC(C)(C)C)N(C(=O)OC(C)(C)C)C(=O)OC(C)(C)C)CCNC(=O)OC(C)(C)C. The number of carbonyl (C=O) groups is 4. The Kier molecular flexibility index (Phi) is 15.2. The molecule has 0 spiro atoms. The maximum atomic E-state index is 13.5. The number of carbonyl (C=O) groups excluding carboxylic acids is 4. The highest BCUT2D eigenvalue weighted by Gasteiger charge is 2.42. The molecule has 2 atom stereocenters. The van der Waals surface area contributed by atoms with E-state index in [0.29, 0.717) is 37.1 Å². The van der Waals surface area contributed by atoms with Crippen LogP contribution in [0.15, 0.2) is 12.7 Å². The number of esters is 1. The Labute approximate surface area is 260 Å². The van der Waals surface area contributed by atoms with E-state index in [1.165, 1.54) is 0 Å². The molecule has 43 heavy (non-hydrogen) atoms. The van der Waals surface area contributed by atoms with Crippen LogP contribution >= 0.6 is 0 Å². The summed E-state index contributed by atoms with van der Waals surface area (Å²) in [7, 11) is 0. The molecule has 0 rings (SSSR count). The summed E-state index contributed by atoms with van der Waals surface area (Å²) in [6, 6.07) is -1.28. The number of amides is 3. The Bertz CT molecular complexity index is 910. The molecule has 3 amide bonds. The van der Waals surface area contributed by atoms with E-state index < -0.39 is 52.7 Å². The largest absolute Gasteiger partial charge is 0.458 e. The predicted molar refractivity (Wildman–Crippen MR) is 168 cm³/mol. The molecule has 0 fully saturated rings. The van der Waals surface area contributed by atoms with Crippen LogP contribution in [0, 0.1) is 0 Å². The van der Waals surface area contributed by atoms with Gasteiger partial charge in [0.05, 0.1) is 32.7 Å². The van der Waals surface area contributed by atoms with Crippen LogP contribution in [-0.2, 0) is 23.7 Å². The van der Waals surface area contributed by atoms with E-state index >= 15 is 0 Å². The van der Waals surface area contributed by atoms with Crippen LogP contribution in [0.4, 0.5) is 14.4 Å². The van der Waals surface area contributed by atoms with Crippen molar-refractivity contribution in [3.8, 4) is 0 Å². The van der Waals surface area contributed by atoms with Crippen LogP contribution in [0.5, 0.6) is 0 Å². The van der Waals surface area contributed by atoms with Crippen LogP contribution in [0.1, 0.15) is 109 Å². The van der Waals surface area contributed by atoms with Gasteiger partial charge in [-0.3, -0.25) is 0 Å². The zero-order chi connectivity index (χ0) is 33.9. The van der Waals surface area contributed by atoms with E-state index in [1.54, 1.807) is 83.1 Å². The van der Waals surface area contributed by atoms with Gasteiger partial charge >= 0.3 is 24.2 Å². The summed E-state index contributed by atoms with van der Waals surface area (Å²) >= 11 is 0. The highest BCUT2D eigenvalue weighted by molar-refractivity contribution is 5.94. The fourth-order valence-corrected chi connectivity index (χ4v) is 4.36. The maximum absolute atomic E-state index is 13.5. The van der Waals surface area contributed by atoms with E-state index in [2.05, 4.69) is 18.8 Å². The van der Waals surface area contributed by atoms with E-state index in [1.807, 2.05) is 6.08 Å². The van der Waals surface area contributed by atoms with Gasteiger partial charge in [-0.05, 0) is 108 Å². The second kappa shape index (κ2) is 16.3. The fraction of sp³-hybridized carbons (Fsp3) is 0.812. The third-order valence-electron chi connectivity index (χ3n) is 5.75. The number of hydrogen-bond donors (Lipinski definition) is 1. The van der Waals surface area contributed by atoms with Gasteiger partial charge < -0.3 is 28.7 Å². The molecule has 1 N–H and O–H groups in total. The molecule has 0 aromatic rings. The molecule has 11 heteroatoms. The molecule has 0 aromatic carbocycles. The quantitative estimate of drug-likeness (QED) is 0.107. The third-order valence-corrected chi connectivity index (χ3v) is 5.75. The van der Waals surface area contributed by atoms with E-state index in [-0.39, 0.29) is 6.42 Å². The zero-order valence-electron chi connectivity index (χ0n) is 29.2. The van der Waals surface area contributed by atoms with E-state index in [9.17, 15) is 19.2 Å². The number of nitrogens with zero attached hydrogens (tertiary/aromatic N) is 2. The zero-order valence-corrected chi connectivity index (χ0v) is 29.2. The number of hydrogen-bond acceptors (Lipinski definition) is 8. The Hall–Kier alpha value is -2.82. The number of rotatable bonds is 13. The minimum absolute atomic E-state index is 0.119. The van der Waals surface area contributed by atoms with Crippen molar-refractivity contribution in [1.29, 1.82) is 0 Å². The lowest BCUT2D eigenvalue weighted by atomic mass is 10.1. The molecule has 0 aromatic heterocycles. The molecule has 0 saturated heterocycles. The van der Waals surface area contributed by atoms with Crippen molar-refractivity contribution in [3.63, 3.8) is 0 Å². The molecule has 0 radical (unpaired) electrons. The van der Waals surface area contributed by atoms with E-state index in [0.717, 1.165) is 17.9 Å². The van der Waals surface area contributed by atoms with Crippen molar-refractivity contribution < 1.29 is 42.6 Å². The average molecular weight is 615 g/mol. The van der Waals surface area contributed by atoms with Crippen molar-refractivity contribution in [2.75, 3.05) is 32.7 Å². The van der Waals surface area contributed by atoms with Gasteiger partial charge in [0.1, 0.15) is 28.4 Å². The van der Waals surface area contributed by atoms with Gasteiger partial charge in [0.15, 0.2) is 0 Å². The van der Waals surface area contributed by atoms with Gasteiger partial charge in [-0.25, -0.2) is 19.2 Å². The molecule has 11 nitrogen and oxygen atoms in total. The van der Waals surface area contributed by atoms with Crippen molar-refractivity contribution in [2.24, 2.45) is 0 Å². The average Bonchev–Trinajstić information content (AvgIpc) is 2.73. The number of nitrogens with one attached hydrogen (secondary N) is 1. The molecule has 0 bridgehead atoms. The number of ether oxygens (including phenoxy) is 4. The molecule has 0 aliphatic carbocycles. The van der Waals surface area contributed by atoms with Gasteiger partial charge in [-0.2, -0.15) is 4.90 Å². The lowest BCUT2D eigenvalue weighted by Gasteiger charge is -2.39. The molecule has 0 saturated carbocycles. The van der Waals surface area contributed by atoms with Gasteiger partial charge in [0, 0.05) is 0 Å². The lowest BCUT2D eigenvalue weighted by Crippen LogP contribution is -2.55. The summed E-state index contributed by atoms with van der Waals surface area (Å²) < 4.78 is 22.7. The maximum Gasteiger partial charge on any atom is 0.420 e. The molecule has 250 valence electrons. The Balaban J connectivity index is 6.25. The first-order valence-corrected chi connectivity index (χ1v) is 15.2. The Morgan fingerprint density at radius 3 is 1.60 bits per heavy atom. The van der Waals surface area contributed by atoms with Gasteiger partial charge in [-0.1, -0.05) is 13.5 Å². The van der Waals surface area contributed by atoms with Crippen molar-refractivity contribution >= 4 is 24.2 Å². The van der Waals surface area contributed by atoms with Crippen LogP contribution in [0.3, 0.4) is 0 Å². The van der Waals surface area contributed by atoms with Crippen LogP contribution in [0.25, 0.3) is 0 Å². The number of alkyl carbamates (subject to hydrolysis) is 1. The summed E-state index contributed by atoms with van der Waals surface area (Å²) in [6.45, 7) is 29.6. The predicted octanol–water partition coefficient (Wildman–Crippen LogP) is 6.59. The first kappa shape index (κ1) is 40.2. The summed E-state index contributed by atoms with van der Waals surface area (Å²) in [5, 5.41) is 2.83. The molecule has 1 unspecified atom stereocenters. The monoisotopic (exact) mass is 614 g/mol. The highest BCUT2D eigenvalue weighted by atomic mass is 16.6. The molecular formula is C32H60N3O8+. The fourth-order valence-electron chi connectivity index (χ4n) is 4.36. The van der Waals surface area contributed by atoms with Gasteiger partial charge in [0.25, 0.3) is 0 Å². The normalized spacial score (nSPS) is 14.5. The summed E-state index contributed by atoms with van der Waals surface area (Å²) in [5.74, 6) is -0.729. The Morgan fingerprint density at radius 2 is 1.21 bits per heavy atom. The summed E-state index contributed by atoms with van der Waals surface area (Å²) in [4.78, 5) is 53.3. The van der Waals surface area contributed by atoms with Gasteiger partial charge in [-0.15, -0.1) is 0 Å². The molecular weight excluding hydrogens is 554 g/mol. The smallest absolute Gasteiger partial charge is 0.420 e. The van der Waals surface area contributed by atoms with Crippen LogP contribution in [0.2, 0.25) is 0 Å². The summed E-state index contributed by atoms with van der Waals surface area (Å²) in [5.41, 5.74) is -3.31. The van der Waals surface area contributed by atoms with Crippen molar-refractivity contribution in [3.05, 3.63) is 12.7 Å². The topological polar surface area (TPSA) is 120 Å². The third kappa shape index (κ3) is 17.8. The van der Waals surface area contributed by atoms with Crippen LogP contribution < -0.4 is 5.32 Å². The minimum Gasteiger partial charge on any atom is -0.458 e. The molecule has 0 aliphatic rings. The highest BCUT2D eigenvalue weighted by Crippen LogP contribution is 2.23. The first-order valence-electron chi connectivity index (χ1n) is 15.2. The number of quaternary nitrogens is 1. The van der Waals surface area contributed by atoms with Crippen molar-refractivity contribution in [1.82, 2.24) is 10.2 Å². The lowest BCUT2D eigenvalue weighted by molar-refractivity contribution is -0.922. The minimum atomic E-state index is -1.28. The van der Waals surface area contributed by atoms with Gasteiger partial charge in [0.2, 0.25) is 0 Å². The molecule has 0 aliphatic heterocycles. The Morgan fingerprint density at radius 1 is 0.744 bits per heavy atom. The summed E-state index contributed by atoms with van der Waals surface area (Å²) in [6.07, 6.45) is 0.815.